The highest BCUT2D eigenvalue weighted by Gasteiger charge is 2.44. The Morgan fingerprint density at radius 3 is 2.45 bits per heavy atom. The first-order valence-corrected chi connectivity index (χ1v) is 5.12. The minimum atomic E-state index is 0.718. The molecule has 1 saturated heterocycles. The first kappa shape index (κ1) is 7.60. The van der Waals surface area contributed by atoms with Crippen LogP contribution in [0.4, 0.5) is 0 Å². The molecule has 1 spiro atoms. The van der Waals surface area contributed by atoms with Crippen molar-refractivity contribution in [2.24, 2.45) is 0 Å². The Morgan fingerprint density at radius 2 is 1.91 bits per heavy atom. The predicted molar refractivity (Wildman–Crippen MR) is 47.7 cm³/mol. The Morgan fingerprint density at radius 1 is 1.18 bits per heavy atom. The molecule has 1 nitrogen and oxygen atoms in total. The van der Waals surface area contributed by atoms with Crippen LogP contribution in [0.5, 0.6) is 0 Å². The second kappa shape index (κ2) is 2.78. The molecule has 11 heavy (non-hydrogen) atoms. The van der Waals surface area contributed by atoms with Crippen LogP contribution in [-0.4, -0.2) is 23.5 Å². The van der Waals surface area contributed by atoms with Gasteiger partial charge in [0.2, 0.25) is 0 Å². The van der Waals surface area contributed by atoms with E-state index in [0.29, 0.717) is 0 Å². The molecule has 1 aliphatic carbocycles. The van der Waals surface area contributed by atoms with Gasteiger partial charge in [0.15, 0.2) is 0 Å². The highest BCUT2D eigenvalue weighted by molar-refractivity contribution is 5.01. The Kier molecular flexibility index (Phi) is 1.92. The Balaban J connectivity index is 1.96. The van der Waals surface area contributed by atoms with E-state index in [-0.39, 0.29) is 0 Å². The third-order valence-corrected chi connectivity index (χ3v) is 3.52. The normalized spacial score (nSPS) is 29.2. The highest BCUT2D eigenvalue weighted by atomic mass is 15.2. The molecule has 1 heteroatoms. The lowest BCUT2D eigenvalue weighted by atomic mass is 9.75. The molecule has 0 aromatic carbocycles. The average molecular weight is 153 g/mol. The fourth-order valence-corrected chi connectivity index (χ4v) is 2.76. The van der Waals surface area contributed by atoms with Crippen LogP contribution in [0, 0.1) is 0 Å². The van der Waals surface area contributed by atoms with E-state index in [9.17, 15) is 0 Å². The van der Waals surface area contributed by atoms with Gasteiger partial charge in [-0.15, -0.1) is 0 Å². The van der Waals surface area contributed by atoms with E-state index in [4.69, 9.17) is 0 Å². The van der Waals surface area contributed by atoms with Gasteiger partial charge < -0.3 is 0 Å². The maximum absolute atomic E-state index is 2.75. The molecule has 0 bridgehead atoms. The van der Waals surface area contributed by atoms with Gasteiger partial charge in [-0.05, 0) is 51.6 Å². The molecule has 0 amide bonds. The van der Waals surface area contributed by atoms with Crippen LogP contribution in [0.3, 0.4) is 0 Å². The SMILES string of the molecule is CCCN1CCCC12CCC2. The van der Waals surface area contributed by atoms with E-state index in [0.717, 1.165) is 5.54 Å². The molecular formula is C10H19N. The zero-order valence-electron chi connectivity index (χ0n) is 7.60. The first-order valence-electron chi connectivity index (χ1n) is 5.12. The minimum absolute atomic E-state index is 0.718. The summed E-state index contributed by atoms with van der Waals surface area (Å²) in [6.07, 6.45) is 8.76. The molecule has 2 rings (SSSR count). The Bertz CT molecular complexity index is 138. The largest absolute Gasteiger partial charge is 0.298 e. The fraction of sp³-hybridized carbons (Fsp3) is 1.00. The van der Waals surface area contributed by atoms with Crippen LogP contribution in [-0.2, 0) is 0 Å². The van der Waals surface area contributed by atoms with Crippen molar-refractivity contribution < 1.29 is 0 Å². The van der Waals surface area contributed by atoms with Crippen LogP contribution in [0.25, 0.3) is 0 Å². The third kappa shape index (κ3) is 1.10. The van der Waals surface area contributed by atoms with E-state index in [1.54, 1.807) is 0 Å². The van der Waals surface area contributed by atoms with Gasteiger partial charge in [-0.3, -0.25) is 4.90 Å². The van der Waals surface area contributed by atoms with Gasteiger partial charge in [0.1, 0.15) is 0 Å². The summed E-state index contributed by atoms with van der Waals surface area (Å²) in [5, 5.41) is 0. The lowest BCUT2D eigenvalue weighted by Crippen LogP contribution is -2.49. The fourth-order valence-electron chi connectivity index (χ4n) is 2.76. The summed E-state index contributed by atoms with van der Waals surface area (Å²) >= 11 is 0. The molecule has 0 unspecified atom stereocenters. The van der Waals surface area contributed by atoms with Gasteiger partial charge in [0, 0.05) is 5.54 Å². The van der Waals surface area contributed by atoms with E-state index in [2.05, 4.69) is 11.8 Å². The van der Waals surface area contributed by atoms with Crippen molar-refractivity contribution in [1.29, 1.82) is 0 Å². The summed E-state index contributed by atoms with van der Waals surface area (Å²) in [6.45, 7) is 5.03. The molecule has 64 valence electrons. The quantitative estimate of drug-likeness (QED) is 0.589. The third-order valence-electron chi connectivity index (χ3n) is 3.52. The highest BCUT2D eigenvalue weighted by Crippen LogP contribution is 2.45. The molecule has 0 aromatic rings. The van der Waals surface area contributed by atoms with Crippen molar-refractivity contribution in [3.05, 3.63) is 0 Å². The van der Waals surface area contributed by atoms with Crippen molar-refractivity contribution in [2.75, 3.05) is 13.1 Å². The second-order valence-electron chi connectivity index (χ2n) is 4.17. The molecule has 1 aliphatic heterocycles. The topological polar surface area (TPSA) is 3.24 Å². The first-order chi connectivity index (χ1) is 5.37. The molecule has 0 N–H and O–H groups in total. The number of rotatable bonds is 2. The van der Waals surface area contributed by atoms with Gasteiger partial charge in [0.25, 0.3) is 0 Å². The van der Waals surface area contributed by atoms with Gasteiger partial charge in [-0.25, -0.2) is 0 Å². The van der Waals surface area contributed by atoms with E-state index in [1.807, 2.05) is 0 Å². The predicted octanol–water partition coefficient (Wildman–Crippen LogP) is 2.41. The summed E-state index contributed by atoms with van der Waals surface area (Å²) in [7, 11) is 0. The van der Waals surface area contributed by atoms with Crippen LogP contribution < -0.4 is 0 Å². The summed E-state index contributed by atoms with van der Waals surface area (Å²) in [6, 6.07) is 0. The Labute approximate surface area is 69.8 Å². The molecule has 2 fully saturated rings. The molecule has 1 saturated carbocycles. The summed E-state index contributed by atoms with van der Waals surface area (Å²) in [5.74, 6) is 0. The van der Waals surface area contributed by atoms with Crippen LogP contribution >= 0.6 is 0 Å². The molecule has 2 aliphatic rings. The smallest absolute Gasteiger partial charge is 0.0210 e. The number of hydrogen-bond acceptors (Lipinski definition) is 1. The maximum atomic E-state index is 2.75. The zero-order chi connectivity index (χ0) is 7.73. The minimum Gasteiger partial charge on any atom is -0.298 e. The standard InChI is InChI=1S/C10H19N/c1-2-8-11-9-4-7-10(11)5-3-6-10/h2-9H2,1H3. The number of hydrogen-bond donors (Lipinski definition) is 0. The van der Waals surface area contributed by atoms with E-state index < -0.39 is 0 Å². The second-order valence-corrected chi connectivity index (χ2v) is 4.17. The van der Waals surface area contributed by atoms with Gasteiger partial charge in [-0.2, -0.15) is 0 Å². The number of likely N-dealkylation sites (tertiary alicyclic amines) is 1. The number of nitrogens with zero attached hydrogens (tertiary/aromatic N) is 1. The van der Waals surface area contributed by atoms with Gasteiger partial charge >= 0.3 is 0 Å². The summed E-state index contributed by atoms with van der Waals surface area (Å²) in [4.78, 5) is 2.75. The van der Waals surface area contributed by atoms with Crippen molar-refractivity contribution >= 4 is 0 Å². The molecule has 1 heterocycles. The van der Waals surface area contributed by atoms with Gasteiger partial charge in [-0.1, -0.05) is 6.92 Å². The zero-order valence-corrected chi connectivity index (χ0v) is 7.60. The lowest BCUT2D eigenvalue weighted by molar-refractivity contribution is 0.0563. The summed E-state index contributed by atoms with van der Waals surface area (Å²) in [5.41, 5.74) is 0.718. The lowest BCUT2D eigenvalue weighted by Gasteiger charge is -2.46. The van der Waals surface area contributed by atoms with Gasteiger partial charge in [0.05, 0.1) is 0 Å². The average Bonchev–Trinajstić information content (AvgIpc) is 2.31. The van der Waals surface area contributed by atoms with Crippen molar-refractivity contribution in [2.45, 2.75) is 51.0 Å². The van der Waals surface area contributed by atoms with Crippen molar-refractivity contribution in [3.63, 3.8) is 0 Å². The van der Waals surface area contributed by atoms with Crippen molar-refractivity contribution in [1.82, 2.24) is 4.90 Å². The van der Waals surface area contributed by atoms with Crippen molar-refractivity contribution in [3.8, 4) is 0 Å². The van der Waals surface area contributed by atoms with Crippen LogP contribution in [0.15, 0.2) is 0 Å². The molecule has 0 aromatic heterocycles. The van der Waals surface area contributed by atoms with E-state index in [1.165, 1.54) is 51.6 Å². The molecular weight excluding hydrogens is 134 g/mol. The van der Waals surface area contributed by atoms with Crippen LogP contribution in [0.1, 0.15) is 45.4 Å². The molecule has 0 radical (unpaired) electrons. The molecule has 0 atom stereocenters. The monoisotopic (exact) mass is 153 g/mol. The van der Waals surface area contributed by atoms with Crippen LogP contribution in [0.2, 0.25) is 0 Å². The van der Waals surface area contributed by atoms with E-state index >= 15 is 0 Å². The maximum Gasteiger partial charge on any atom is 0.0210 e. The Hall–Kier alpha value is -0.0400. The summed E-state index contributed by atoms with van der Waals surface area (Å²) < 4.78 is 0.